The first-order valence-electron chi connectivity index (χ1n) is 10.1. The summed E-state index contributed by atoms with van der Waals surface area (Å²) in [4.78, 5) is 42.3. The monoisotopic (exact) mass is 436 g/mol. The molecule has 29 heavy (non-hydrogen) atoms. The number of pyridine rings is 1. The van der Waals surface area contributed by atoms with Crippen LogP contribution in [0.1, 0.15) is 44.9 Å². The summed E-state index contributed by atoms with van der Waals surface area (Å²) in [5.74, 6) is 1.13. The molecule has 1 unspecified atom stereocenters. The largest absolute Gasteiger partial charge is 0.344 e. The molecule has 2 fully saturated rings. The van der Waals surface area contributed by atoms with Gasteiger partial charge in [-0.05, 0) is 44.2 Å². The Morgan fingerprint density at radius 2 is 2.00 bits per heavy atom. The second-order valence-corrected chi connectivity index (χ2v) is 10.3. The molecule has 0 saturated carbocycles. The van der Waals surface area contributed by atoms with Crippen molar-refractivity contribution < 1.29 is 14.4 Å². The van der Waals surface area contributed by atoms with Crippen molar-refractivity contribution in [1.82, 2.24) is 15.2 Å². The molecule has 1 aromatic rings. The molecular formula is C20H28N4O3S2. The van der Waals surface area contributed by atoms with Crippen molar-refractivity contribution >= 4 is 45.5 Å². The van der Waals surface area contributed by atoms with E-state index in [-0.39, 0.29) is 11.8 Å². The number of carbonyl (C=O) groups excluding carboxylic acids is 3. The number of hydrogen-bond donors (Lipinski definition) is 2. The first-order chi connectivity index (χ1) is 14.1. The number of aromatic nitrogens is 1. The number of likely N-dealkylation sites (tertiary alicyclic amines) is 1. The molecule has 3 amide bonds. The first kappa shape index (κ1) is 22.0. The van der Waals surface area contributed by atoms with Gasteiger partial charge in [-0.2, -0.15) is 0 Å². The summed E-state index contributed by atoms with van der Waals surface area (Å²) in [6.45, 7) is 0.942. The topological polar surface area (TPSA) is 91.4 Å². The van der Waals surface area contributed by atoms with Crippen LogP contribution in [0.2, 0.25) is 0 Å². The molecule has 7 nitrogen and oxygen atoms in total. The number of carbonyl (C=O) groups is 3. The molecule has 1 atom stereocenters. The third-order valence-electron chi connectivity index (χ3n) is 5.57. The fourth-order valence-electron chi connectivity index (χ4n) is 3.74. The predicted molar refractivity (Wildman–Crippen MR) is 118 cm³/mol. The summed E-state index contributed by atoms with van der Waals surface area (Å²) in [5, 5.41) is 6.30. The maximum absolute atomic E-state index is 12.8. The molecule has 3 heterocycles. The van der Waals surface area contributed by atoms with Gasteiger partial charge in [-0.15, -0.1) is 0 Å². The second-order valence-electron chi connectivity index (χ2n) is 7.49. The molecule has 3 rings (SSSR count). The van der Waals surface area contributed by atoms with Gasteiger partial charge in [0.25, 0.3) is 0 Å². The van der Waals surface area contributed by atoms with Crippen LogP contribution in [0.3, 0.4) is 0 Å². The second kappa shape index (κ2) is 10.9. The van der Waals surface area contributed by atoms with Gasteiger partial charge < -0.3 is 15.5 Å². The van der Waals surface area contributed by atoms with E-state index in [2.05, 4.69) is 15.6 Å². The van der Waals surface area contributed by atoms with Gasteiger partial charge in [0.05, 0.1) is 0 Å². The number of nitrogens with one attached hydrogen (secondary N) is 2. The third-order valence-corrected chi connectivity index (χ3v) is 8.58. The summed E-state index contributed by atoms with van der Waals surface area (Å²) < 4.78 is 0. The van der Waals surface area contributed by atoms with E-state index in [1.807, 2.05) is 26.5 Å². The minimum atomic E-state index is -0.987. The number of unbranched alkanes of at least 4 members (excludes halogenated alkanes) is 1. The van der Waals surface area contributed by atoms with E-state index in [9.17, 15) is 14.4 Å². The normalized spacial score (nSPS) is 20.8. The van der Waals surface area contributed by atoms with Crippen LogP contribution >= 0.6 is 21.6 Å². The Balaban J connectivity index is 1.46. The SMILES string of the molecule is O=CNC1(C(=O)Nc2ccncc2)CCN(C(=O)CCCCC2CCSS2)CC1. The molecule has 0 bridgehead atoms. The van der Waals surface area contributed by atoms with Gasteiger partial charge in [0.15, 0.2) is 0 Å². The van der Waals surface area contributed by atoms with E-state index < -0.39 is 5.54 Å². The van der Waals surface area contributed by atoms with E-state index in [1.165, 1.54) is 18.6 Å². The van der Waals surface area contributed by atoms with Crippen molar-refractivity contribution in [2.75, 3.05) is 24.2 Å². The van der Waals surface area contributed by atoms with Crippen LogP contribution in [0.25, 0.3) is 0 Å². The smallest absolute Gasteiger partial charge is 0.250 e. The van der Waals surface area contributed by atoms with Gasteiger partial charge in [-0.3, -0.25) is 19.4 Å². The number of piperidine rings is 1. The number of nitrogens with zero attached hydrogens (tertiary/aromatic N) is 2. The molecule has 2 saturated heterocycles. The highest BCUT2D eigenvalue weighted by atomic mass is 33.1. The van der Waals surface area contributed by atoms with Gasteiger partial charge in [-0.25, -0.2) is 0 Å². The zero-order chi connectivity index (χ0) is 20.5. The molecule has 158 valence electrons. The van der Waals surface area contributed by atoms with Crippen molar-refractivity contribution in [2.45, 2.75) is 55.7 Å². The van der Waals surface area contributed by atoms with Crippen molar-refractivity contribution in [3.63, 3.8) is 0 Å². The zero-order valence-electron chi connectivity index (χ0n) is 16.5. The number of hydrogen-bond acceptors (Lipinski definition) is 6. The standard InChI is InChI=1S/C20H28N4O3S2/c25-15-22-20(19(27)23-16-5-10-21-11-6-16)8-12-24(13-9-20)18(26)4-2-1-3-17-7-14-28-29-17/h5-6,10-11,15,17H,1-4,7-9,12-14H2,(H,22,25)(H,21,23,27). The van der Waals surface area contributed by atoms with E-state index >= 15 is 0 Å². The zero-order valence-corrected chi connectivity index (χ0v) is 18.1. The average molecular weight is 437 g/mol. The van der Waals surface area contributed by atoms with Crippen molar-refractivity contribution in [1.29, 1.82) is 0 Å². The van der Waals surface area contributed by atoms with E-state index in [0.29, 0.717) is 44.4 Å². The van der Waals surface area contributed by atoms with Crippen LogP contribution in [-0.2, 0) is 14.4 Å². The highest BCUT2D eigenvalue weighted by Gasteiger charge is 2.42. The summed E-state index contributed by atoms with van der Waals surface area (Å²) in [7, 11) is 3.93. The Morgan fingerprint density at radius 3 is 2.66 bits per heavy atom. The lowest BCUT2D eigenvalue weighted by Gasteiger charge is -2.40. The Labute approximate surface area is 179 Å². The third kappa shape index (κ3) is 6.12. The van der Waals surface area contributed by atoms with Crippen LogP contribution in [-0.4, -0.2) is 57.7 Å². The van der Waals surface area contributed by atoms with Crippen LogP contribution < -0.4 is 10.6 Å². The Morgan fingerprint density at radius 1 is 1.24 bits per heavy atom. The molecule has 2 N–H and O–H groups in total. The van der Waals surface area contributed by atoms with Gasteiger partial charge in [0.1, 0.15) is 5.54 Å². The quantitative estimate of drug-likeness (QED) is 0.351. The molecule has 0 spiro atoms. The van der Waals surface area contributed by atoms with Crippen molar-refractivity contribution in [3.05, 3.63) is 24.5 Å². The lowest BCUT2D eigenvalue weighted by Crippen LogP contribution is -2.60. The van der Waals surface area contributed by atoms with Crippen molar-refractivity contribution in [3.8, 4) is 0 Å². The minimum Gasteiger partial charge on any atom is -0.344 e. The van der Waals surface area contributed by atoms with Crippen LogP contribution in [0.15, 0.2) is 24.5 Å². The highest BCUT2D eigenvalue weighted by molar-refractivity contribution is 8.77. The van der Waals surface area contributed by atoms with Gasteiger partial charge in [0.2, 0.25) is 18.2 Å². The predicted octanol–water partition coefficient (Wildman–Crippen LogP) is 2.84. The summed E-state index contributed by atoms with van der Waals surface area (Å²) >= 11 is 0. The molecular weight excluding hydrogens is 408 g/mol. The average Bonchev–Trinajstić information content (AvgIpc) is 3.26. The Hall–Kier alpha value is -1.74. The molecule has 2 aliphatic heterocycles. The molecule has 9 heteroatoms. The van der Waals surface area contributed by atoms with Crippen LogP contribution in [0.5, 0.6) is 0 Å². The van der Waals surface area contributed by atoms with Crippen LogP contribution in [0, 0.1) is 0 Å². The lowest BCUT2D eigenvalue weighted by molar-refractivity contribution is -0.136. The Kier molecular flexibility index (Phi) is 8.23. The maximum atomic E-state index is 12.8. The molecule has 0 radical (unpaired) electrons. The molecule has 2 aliphatic rings. The van der Waals surface area contributed by atoms with E-state index in [4.69, 9.17) is 0 Å². The van der Waals surface area contributed by atoms with E-state index in [0.717, 1.165) is 18.1 Å². The fourth-order valence-corrected chi connectivity index (χ4v) is 6.77. The summed E-state index contributed by atoms with van der Waals surface area (Å²) in [6.07, 6.45) is 9.61. The number of anilines is 1. The summed E-state index contributed by atoms with van der Waals surface area (Å²) in [5.41, 5.74) is -0.353. The van der Waals surface area contributed by atoms with Gasteiger partial charge in [0, 0.05) is 48.6 Å². The van der Waals surface area contributed by atoms with Crippen molar-refractivity contribution in [2.24, 2.45) is 0 Å². The summed E-state index contributed by atoms with van der Waals surface area (Å²) in [6, 6.07) is 3.40. The molecule has 1 aromatic heterocycles. The minimum absolute atomic E-state index is 0.146. The fraction of sp³-hybridized carbons (Fsp3) is 0.600. The van der Waals surface area contributed by atoms with Crippen LogP contribution in [0.4, 0.5) is 5.69 Å². The molecule has 0 aliphatic carbocycles. The van der Waals surface area contributed by atoms with Gasteiger partial charge in [-0.1, -0.05) is 28.0 Å². The number of amides is 3. The maximum Gasteiger partial charge on any atom is 0.250 e. The van der Waals surface area contributed by atoms with Gasteiger partial charge >= 0.3 is 0 Å². The Bertz CT molecular complexity index is 690. The number of rotatable bonds is 9. The first-order valence-corrected chi connectivity index (χ1v) is 12.5. The van der Waals surface area contributed by atoms with E-state index in [1.54, 1.807) is 24.5 Å². The molecule has 0 aromatic carbocycles. The lowest BCUT2D eigenvalue weighted by atomic mass is 9.86. The highest BCUT2D eigenvalue weighted by Crippen LogP contribution is 2.39.